The largest absolute Gasteiger partial charge is 0.493 e. The average molecular weight is 251 g/mol. The number of benzene rings is 1. The molecule has 0 spiro atoms. The van der Waals surface area contributed by atoms with Crippen LogP contribution in [0.4, 0.5) is 5.69 Å². The number of rotatable bonds is 8. The van der Waals surface area contributed by atoms with Crippen molar-refractivity contribution in [3.05, 3.63) is 23.8 Å². The van der Waals surface area contributed by atoms with E-state index in [-0.39, 0.29) is 5.56 Å². The van der Waals surface area contributed by atoms with E-state index in [0.717, 1.165) is 12.8 Å². The zero-order valence-electron chi connectivity index (χ0n) is 10.8. The molecule has 0 unspecified atom stereocenters. The van der Waals surface area contributed by atoms with Gasteiger partial charge in [0.05, 0.1) is 6.61 Å². The molecule has 0 aliphatic heterocycles. The van der Waals surface area contributed by atoms with Crippen LogP contribution in [-0.2, 0) is 0 Å². The molecule has 4 heteroatoms. The van der Waals surface area contributed by atoms with Crippen LogP contribution in [-0.4, -0.2) is 17.7 Å². The van der Waals surface area contributed by atoms with Crippen LogP contribution in [0.5, 0.6) is 5.75 Å². The molecule has 3 N–H and O–H groups in total. The quantitative estimate of drug-likeness (QED) is 0.549. The van der Waals surface area contributed by atoms with Gasteiger partial charge in [0, 0.05) is 11.8 Å². The van der Waals surface area contributed by atoms with Gasteiger partial charge in [-0.15, -0.1) is 0 Å². The lowest BCUT2D eigenvalue weighted by molar-refractivity contribution is 0.0692. The Balaban J connectivity index is 2.45. The first-order valence-electron chi connectivity index (χ1n) is 6.40. The number of carboxylic acid groups (broad SMARTS) is 1. The lowest BCUT2D eigenvalue weighted by atomic mass is 10.1. The van der Waals surface area contributed by atoms with Crippen molar-refractivity contribution in [2.45, 2.75) is 39.0 Å². The third kappa shape index (κ3) is 4.65. The maximum Gasteiger partial charge on any atom is 0.339 e. The molecule has 4 nitrogen and oxygen atoms in total. The smallest absolute Gasteiger partial charge is 0.339 e. The van der Waals surface area contributed by atoms with E-state index in [1.807, 2.05) is 0 Å². The minimum atomic E-state index is -0.990. The van der Waals surface area contributed by atoms with Gasteiger partial charge in [0.1, 0.15) is 11.3 Å². The van der Waals surface area contributed by atoms with Crippen molar-refractivity contribution < 1.29 is 14.6 Å². The molecule has 0 aliphatic carbocycles. The van der Waals surface area contributed by atoms with Gasteiger partial charge in [0.2, 0.25) is 0 Å². The molecule has 1 aromatic rings. The molecule has 0 saturated heterocycles. The van der Waals surface area contributed by atoms with Crippen LogP contribution in [0.25, 0.3) is 0 Å². The van der Waals surface area contributed by atoms with Crippen LogP contribution in [0.2, 0.25) is 0 Å². The van der Waals surface area contributed by atoms with E-state index >= 15 is 0 Å². The van der Waals surface area contributed by atoms with Crippen molar-refractivity contribution in [2.75, 3.05) is 12.3 Å². The van der Waals surface area contributed by atoms with Crippen molar-refractivity contribution in [2.24, 2.45) is 0 Å². The summed E-state index contributed by atoms with van der Waals surface area (Å²) in [6.45, 7) is 2.70. The maximum absolute atomic E-state index is 11.0. The molecule has 0 bridgehead atoms. The molecule has 0 saturated carbocycles. The first-order chi connectivity index (χ1) is 8.65. The van der Waals surface area contributed by atoms with Crippen molar-refractivity contribution in [3.8, 4) is 5.75 Å². The number of ether oxygens (including phenoxy) is 1. The Hall–Kier alpha value is -1.71. The van der Waals surface area contributed by atoms with Gasteiger partial charge in [0.25, 0.3) is 0 Å². The van der Waals surface area contributed by atoms with Crippen LogP contribution in [0.1, 0.15) is 49.4 Å². The Morgan fingerprint density at radius 1 is 1.28 bits per heavy atom. The topological polar surface area (TPSA) is 72.5 Å². The van der Waals surface area contributed by atoms with Gasteiger partial charge in [-0.3, -0.25) is 0 Å². The van der Waals surface area contributed by atoms with Gasteiger partial charge in [-0.1, -0.05) is 32.6 Å². The van der Waals surface area contributed by atoms with Crippen LogP contribution < -0.4 is 10.5 Å². The Labute approximate surface area is 108 Å². The summed E-state index contributed by atoms with van der Waals surface area (Å²) in [4.78, 5) is 11.0. The fraction of sp³-hybridized carbons (Fsp3) is 0.500. The third-order valence-electron chi connectivity index (χ3n) is 2.74. The molecular formula is C14H21NO3. The SMILES string of the molecule is CCCCCCCOc1cc(N)ccc1C(=O)O. The number of hydrogen-bond acceptors (Lipinski definition) is 3. The minimum absolute atomic E-state index is 0.165. The second-order valence-corrected chi connectivity index (χ2v) is 4.32. The molecule has 18 heavy (non-hydrogen) atoms. The standard InChI is InChI=1S/C14H21NO3/c1-2-3-4-5-6-9-18-13-10-11(15)7-8-12(13)14(16)17/h7-8,10H,2-6,9,15H2,1H3,(H,16,17). The Morgan fingerprint density at radius 3 is 2.67 bits per heavy atom. The molecular weight excluding hydrogens is 230 g/mol. The number of carboxylic acids is 1. The predicted molar refractivity (Wildman–Crippen MR) is 72.1 cm³/mol. The molecule has 0 atom stereocenters. The first-order valence-corrected chi connectivity index (χ1v) is 6.40. The normalized spacial score (nSPS) is 10.3. The van der Waals surface area contributed by atoms with Crippen LogP contribution in [0.3, 0.4) is 0 Å². The van der Waals surface area contributed by atoms with Crippen molar-refractivity contribution in [1.82, 2.24) is 0 Å². The highest BCUT2D eigenvalue weighted by Crippen LogP contribution is 2.22. The summed E-state index contributed by atoms with van der Waals surface area (Å²) in [6, 6.07) is 4.61. The highest BCUT2D eigenvalue weighted by molar-refractivity contribution is 5.91. The van der Waals surface area contributed by atoms with E-state index in [9.17, 15) is 4.79 Å². The zero-order valence-corrected chi connectivity index (χ0v) is 10.8. The molecule has 0 heterocycles. The van der Waals surface area contributed by atoms with Crippen molar-refractivity contribution >= 4 is 11.7 Å². The summed E-state index contributed by atoms with van der Waals surface area (Å²) >= 11 is 0. The number of hydrogen-bond donors (Lipinski definition) is 2. The molecule has 0 aliphatic rings. The fourth-order valence-corrected chi connectivity index (χ4v) is 1.72. The van der Waals surface area contributed by atoms with Crippen LogP contribution in [0.15, 0.2) is 18.2 Å². The fourth-order valence-electron chi connectivity index (χ4n) is 1.72. The summed E-state index contributed by atoms with van der Waals surface area (Å²) in [5, 5.41) is 9.01. The molecule has 1 aromatic carbocycles. The van der Waals surface area contributed by atoms with E-state index in [4.69, 9.17) is 15.6 Å². The van der Waals surface area contributed by atoms with Gasteiger partial charge in [0.15, 0.2) is 0 Å². The van der Waals surface area contributed by atoms with E-state index in [1.165, 1.54) is 25.3 Å². The Morgan fingerprint density at radius 2 is 2.00 bits per heavy atom. The summed E-state index contributed by atoms with van der Waals surface area (Å²) in [5.41, 5.74) is 6.30. The average Bonchev–Trinajstić information content (AvgIpc) is 2.33. The molecule has 1 rings (SSSR count). The monoisotopic (exact) mass is 251 g/mol. The maximum atomic E-state index is 11.0. The van der Waals surface area contributed by atoms with Gasteiger partial charge in [-0.05, 0) is 18.6 Å². The molecule has 0 fully saturated rings. The second kappa shape index (κ2) is 7.58. The molecule has 0 aromatic heterocycles. The number of nitrogen functional groups attached to an aromatic ring is 1. The molecule has 0 radical (unpaired) electrons. The lowest BCUT2D eigenvalue weighted by Crippen LogP contribution is -2.05. The third-order valence-corrected chi connectivity index (χ3v) is 2.74. The lowest BCUT2D eigenvalue weighted by Gasteiger charge is -2.09. The van der Waals surface area contributed by atoms with Crippen molar-refractivity contribution in [3.63, 3.8) is 0 Å². The highest BCUT2D eigenvalue weighted by Gasteiger charge is 2.11. The van der Waals surface area contributed by atoms with Gasteiger partial charge in [-0.25, -0.2) is 4.79 Å². The summed E-state index contributed by atoms with van der Waals surface area (Å²) in [5.74, 6) is -0.631. The predicted octanol–water partition coefficient (Wildman–Crippen LogP) is 3.32. The zero-order chi connectivity index (χ0) is 13.4. The molecule has 0 amide bonds. The number of unbranched alkanes of at least 4 members (excludes halogenated alkanes) is 4. The summed E-state index contributed by atoms with van der Waals surface area (Å²) < 4.78 is 5.50. The highest BCUT2D eigenvalue weighted by atomic mass is 16.5. The van der Waals surface area contributed by atoms with Crippen LogP contribution >= 0.6 is 0 Å². The van der Waals surface area contributed by atoms with Gasteiger partial charge in [-0.2, -0.15) is 0 Å². The van der Waals surface area contributed by atoms with Crippen LogP contribution in [0, 0.1) is 0 Å². The minimum Gasteiger partial charge on any atom is -0.493 e. The van der Waals surface area contributed by atoms with Crippen molar-refractivity contribution in [1.29, 1.82) is 0 Å². The number of anilines is 1. The summed E-state index contributed by atoms with van der Waals surface area (Å²) in [6.07, 6.45) is 5.69. The van der Waals surface area contributed by atoms with E-state index in [2.05, 4.69) is 6.92 Å². The number of nitrogens with two attached hydrogens (primary N) is 1. The number of aromatic carboxylic acids is 1. The van der Waals surface area contributed by atoms with Gasteiger partial charge < -0.3 is 15.6 Å². The van der Waals surface area contributed by atoms with Gasteiger partial charge >= 0.3 is 5.97 Å². The Bertz CT molecular complexity index is 391. The molecule has 100 valence electrons. The van der Waals surface area contributed by atoms with E-state index in [1.54, 1.807) is 12.1 Å². The first kappa shape index (κ1) is 14.4. The number of carbonyl (C=O) groups is 1. The second-order valence-electron chi connectivity index (χ2n) is 4.32. The van der Waals surface area contributed by atoms with E-state index in [0.29, 0.717) is 18.0 Å². The van der Waals surface area contributed by atoms with E-state index < -0.39 is 5.97 Å². The summed E-state index contributed by atoms with van der Waals surface area (Å²) in [7, 11) is 0. The Kier molecular flexibility index (Phi) is 6.05.